The van der Waals surface area contributed by atoms with E-state index >= 15 is 0 Å². The number of hydrogen-bond acceptors (Lipinski definition) is 5. The van der Waals surface area contributed by atoms with Gasteiger partial charge in [0.2, 0.25) is 0 Å². The number of para-hydroxylation sites is 1. The molecule has 0 saturated carbocycles. The fraction of sp³-hybridized carbons (Fsp3) is 0.0833. The van der Waals surface area contributed by atoms with Crippen molar-refractivity contribution in [2.24, 2.45) is 0 Å². The molecule has 0 radical (unpaired) electrons. The van der Waals surface area contributed by atoms with Crippen LogP contribution in [0.5, 0.6) is 0 Å². The number of fused-ring (bicyclic) bond motifs is 3. The van der Waals surface area contributed by atoms with E-state index in [9.17, 15) is 28.1 Å². The van der Waals surface area contributed by atoms with E-state index in [0.717, 1.165) is 29.3 Å². The molecule has 0 aliphatic carbocycles. The van der Waals surface area contributed by atoms with E-state index in [-0.39, 0.29) is 22.1 Å². The first-order chi connectivity index (χ1) is 16.7. The van der Waals surface area contributed by atoms with Crippen LogP contribution in [0, 0.1) is 10.1 Å². The Hall–Kier alpha value is -4.12. The number of nitro benzene ring substituents is 1. The third-order valence-corrected chi connectivity index (χ3v) is 6.45. The number of non-ortho nitro benzene ring substituents is 1. The highest BCUT2D eigenvalue weighted by Gasteiger charge is 2.30. The molecule has 5 rings (SSSR count). The zero-order valence-corrected chi connectivity index (χ0v) is 18.6. The van der Waals surface area contributed by atoms with Crippen molar-refractivity contribution in [2.45, 2.75) is 17.1 Å². The number of halogens is 3. The number of rotatable bonds is 5. The van der Waals surface area contributed by atoms with Crippen LogP contribution in [0.15, 0.2) is 82.7 Å². The minimum atomic E-state index is -4.47. The number of aromatic amines is 1. The Morgan fingerprint density at radius 2 is 1.77 bits per heavy atom. The van der Waals surface area contributed by atoms with Crippen molar-refractivity contribution in [3.63, 3.8) is 0 Å². The van der Waals surface area contributed by atoms with E-state index in [2.05, 4.69) is 9.97 Å². The van der Waals surface area contributed by atoms with Crippen molar-refractivity contribution in [3.8, 4) is 5.69 Å². The zero-order valence-electron chi connectivity index (χ0n) is 17.7. The van der Waals surface area contributed by atoms with Crippen LogP contribution in [0.3, 0.4) is 0 Å². The Morgan fingerprint density at radius 1 is 1.03 bits per heavy atom. The molecule has 0 amide bonds. The van der Waals surface area contributed by atoms with Crippen LogP contribution in [0.25, 0.3) is 27.6 Å². The number of nitrogens with one attached hydrogen (secondary N) is 1. The molecule has 2 heterocycles. The summed E-state index contributed by atoms with van der Waals surface area (Å²) in [5.41, 5.74) is 0.841. The first-order valence-corrected chi connectivity index (χ1v) is 11.3. The van der Waals surface area contributed by atoms with E-state index < -0.39 is 22.2 Å². The van der Waals surface area contributed by atoms with Gasteiger partial charge in [0, 0.05) is 28.8 Å². The molecule has 0 fully saturated rings. The Bertz CT molecular complexity index is 1640. The molecule has 5 aromatic rings. The number of benzene rings is 3. The molecule has 0 bridgehead atoms. The van der Waals surface area contributed by atoms with E-state index in [0.29, 0.717) is 22.3 Å². The predicted molar refractivity (Wildman–Crippen MR) is 127 cm³/mol. The molecule has 3 aromatic carbocycles. The lowest BCUT2D eigenvalue weighted by atomic mass is 10.1. The number of alkyl halides is 3. The van der Waals surface area contributed by atoms with E-state index in [1.54, 1.807) is 6.07 Å². The molecule has 35 heavy (non-hydrogen) atoms. The summed E-state index contributed by atoms with van der Waals surface area (Å²) in [7, 11) is 0. The predicted octanol–water partition coefficient (Wildman–Crippen LogP) is 6.09. The van der Waals surface area contributed by atoms with Crippen LogP contribution in [0.2, 0.25) is 0 Å². The molecule has 11 heteroatoms. The second-order valence-corrected chi connectivity index (χ2v) is 8.63. The van der Waals surface area contributed by atoms with Gasteiger partial charge >= 0.3 is 6.18 Å². The van der Waals surface area contributed by atoms with Crippen LogP contribution < -0.4 is 5.56 Å². The molecule has 0 spiro atoms. The summed E-state index contributed by atoms with van der Waals surface area (Å²) < 4.78 is 40.7. The van der Waals surface area contributed by atoms with Crippen LogP contribution in [0.1, 0.15) is 11.1 Å². The third kappa shape index (κ3) is 4.26. The summed E-state index contributed by atoms with van der Waals surface area (Å²) in [6.45, 7) is 0. The lowest BCUT2D eigenvalue weighted by molar-refractivity contribution is -0.384. The van der Waals surface area contributed by atoms with Gasteiger partial charge in [-0.1, -0.05) is 48.2 Å². The zero-order chi connectivity index (χ0) is 24.7. The number of nitro groups is 1. The lowest BCUT2D eigenvalue weighted by Gasteiger charge is -2.13. The van der Waals surface area contributed by atoms with Crippen molar-refractivity contribution in [1.82, 2.24) is 14.5 Å². The number of hydrogen-bond donors (Lipinski definition) is 1. The van der Waals surface area contributed by atoms with E-state index in [1.165, 1.54) is 34.9 Å². The number of H-pyrrole nitrogens is 1. The van der Waals surface area contributed by atoms with Crippen molar-refractivity contribution < 1.29 is 18.1 Å². The Labute approximate surface area is 199 Å². The number of nitrogens with zero attached hydrogens (tertiary/aromatic N) is 3. The minimum Gasteiger partial charge on any atom is -0.349 e. The van der Waals surface area contributed by atoms with Crippen LogP contribution in [-0.2, 0) is 11.9 Å². The number of thioether (sulfide) groups is 1. The molecular weight excluding hydrogens is 481 g/mol. The Balaban J connectivity index is 1.64. The van der Waals surface area contributed by atoms with Crippen LogP contribution >= 0.6 is 11.8 Å². The van der Waals surface area contributed by atoms with Gasteiger partial charge in [-0.2, -0.15) is 13.2 Å². The molecule has 0 saturated heterocycles. The van der Waals surface area contributed by atoms with Crippen molar-refractivity contribution >= 4 is 39.4 Å². The van der Waals surface area contributed by atoms with Crippen molar-refractivity contribution in [1.29, 1.82) is 0 Å². The summed E-state index contributed by atoms with van der Waals surface area (Å²) >= 11 is 1.10. The topological polar surface area (TPSA) is 93.8 Å². The van der Waals surface area contributed by atoms with Crippen LogP contribution in [0.4, 0.5) is 18.9 Å². The van der Waals surface area contributed by atoms with Gasteiger partial charge in [0.15, 0.2) is 5.16 Å². The Morgan fingerprint density at radius 3 is 2.49 bits per heavy atom. The maximum Gasteiger partial charge on any atom is 0.416 e. The second kappa shape index (κ2) is 8.58. The molecule has 2 aromatic heterocycles. The lowest BCUT2D eigenvalue weighted by Crippen LogP contribution is -2.21. The van der Waals surface area contributed by atoms with E-state index in [1.807, 2.05) is 24.3 Å². The van der Waals surface area contributed by atoms with Crippen molar-refractivity contribution in [3.05, 3.63) is 104 Å². The highest BCUT2D eigenvalue weighted by atomic mass is 32.2. The molecule has 176 valence electrons. The largest absolute Gasteiger partial charge is 0.416 e. The molecule has 0 aliphatic heterocycles. The van der Waals surface area contributed by atoms with Crippen molar-refractivity contribution in [2.75, 3.05) is 0 Å². The highest BCUT2D eigenvalue weighted by molar-refractivity contribution is 7.98. The van der Waals surface area contributed by atoms with Gasteiger partial charge in [-0.3, -0.25) is 19.5 Å². The fourth-order valence-electron chi connectivity index (χ4n) is 3.78. The monoisotopic (exact) mass is 496 g/mol. The first kappa shape index (κ1) is 22.7. The second-order valence-electron chi connectivity index (χ2n) is 7.69. The molecule has 0 aliphatic rings. The summed E-state index contributed by atoms with van der Waals surface area (Å²) in [5.74, 6) is 0.122. The average Bonchev–Trinajstić information content (AvgIpc) is 3.22. The van der Waals surface area contributed by atoms with Gasteiger partial charge in [-0.15, -0.1) is 0 Å². The van der Waals surface area contributed by atoms with Gasteiger partial charge in [-0.05, 0) is 29.8 Å². The smallest absolute Gasteiger partial charge is 0.349 e. The molecule has 0 atom stereocenters. The maximum absolute atomic E-state index is 13.5. The number of aromatic nitrogens is 3. The van der Waals surface area contributed by atoms with Gasteiger partial charge in [0.25, 0.3) is 11.2 Å². The van der Waals surface area contributed by atoms with Gasteiger partial charge in [0.05, 0.1) is 16.2 Å². The van der Waals surface area contributed by atoms with Gasteiger partial charge < -0.3 is 4.98 Å². The quantitative estimate of drug-likeness (QED) is 0.138. The fourth-order valence-corrected chi connectivity index (χ4v) is 4.72. The van der Waals surface area contributed by atoms with Gasteiger partial charge in [0.1, 0.15) is 11.0 Å². The van der Waals surface area contributed by atoms with Crippen LogP contribution in [-0.4, -0.2) is 19.5 Å². The third-order valence-electron chi connectivity index (χ3n) is 5.44. The molecule has 7 nitrogen and oxygen atoms in total. The minimum absolute atomic E-state index is 0.122. The highest BCUT2D eigenvalue weighted by Crippen LogP contribution is 2.32. The SMILES string of the molecule is O=c1c2[nH]c3ccccc3c2nc(SCc2cccc(C(F)(F)F)c2)n1-c1ccc([N+](=O)[O-])cc1. The normalized spacial score (nSPS) is 11.9. The maximum atomic E-state index is 13.5. The standard InChI is InChI=1S/C24H15F3N4O3S/c25-24(26,27)15-5-3-4-14(12-15)13-35-23-29-20-18-6-1-2-7-19(18)28-21(20)22(32)30(23)16-8-10-17(11-9-16)31(33)34/h1-12,28H,13H2. The molecule has 0 unspecified atom stereocenters. The summed E-state index contributed by atoms with van der Waals surface area (Å²) in [6, 6.07) is 17.6. The first-order valence-electron chi connectivity index (χ1n) is 10.3. The van der Waals surface area contributed by atoms with E-state index in [4.69, 9.17) is 0 Å². The average molecular weight is 496 g/mol. The Kier molecular flexibility index (Phi) is 5.56. The summed E-state index contributed by atoms with van der Waals surface area (Å²) in [6.07, 6.45) is -4.47. The molecular formula is C24H15F3N4O3S. The van der Waals surface area contributed by atoms with Gasteiger partial charge in [-0.25, -0.2) is 4.98 Å². The summed E-state index contributed by atoms with van der Waals surface area (Å²) in [4.78, 5) is 31.8. The summed E-state index contributed by atoms with van der Waals surface area (Å²) in [5, 5.41) is 12.0. The molecule has 1 N–H and O–H groups in total.